The van der Waals surface area contributed by atoms with Crippen LogP contribution in [0.1, 0.15) is 27.6 Å². The number of rotatable bonds is 1. The monoisotopic (exact) mass is 135 g/mol. The third-order valence-corrected chi connectivity index (χ3v) is 1.81. The molecule has 0 bridgehead atoms. The summed E-state index contributed by atoms with van der Waals surface area (Å²) in [6, 6.07) is 0.703. The fourth-order valence-corrected chi connectivity index (χ4v) is 1.17. The Balaban J connectivity index is 2.97. The van der Waals surface area contributed by atoms with Crippen LogP contribution in [0.3, 0.4) is 0 Å². The van der Waals surface area contributed by atoms with E-state index in [1.165, 1.54) is 12.0 Å². The summed E-state index contributed by atoms with van der Waals surface area (Å²) in [5.74, 6) is 0. The molecule has 0 saturated heterocycles. The summed E-state index contributed by atoms with van der Waals surface area (Å²) in [7, 11) is 0. The van der Waals surface area contributed by atoms with Gasteiger partial charge >= 0.3 is 0 Å². The Morgan fingerprint density at radius 2 is 2.50 bits per heavy atom. The topological polar surface area (TPSA) is 0 Å². The Labute approximate surface area is 64.4 Å². The maximum atomic E-state index is 7.73. The van der Waals surface area contributed by atoms with Gasteiger partial charge in [-0.15, -0.1) is 0 Å². The Kier molecular flexibility index (Phi) is 2.03. The number of hydrogen-bond acceptors (Lipinski definition) is 0. The van der Waals surface area contributed by atoms with E-state index in [0.29, 0.717) is 6.05 Å². The highest BCUT2D eigenvalue weighted by molar-refractivity contribution is 5.31. The van der Waals surface area contributed by atoms with Gasteiger partial charge in [0.25, 0.3) is 0 Å². The second-order valence-electron chi connectivity index (χ2n) is 2.52. The minimum absolute atomic E-state index is 0.703. The third kappa shape index (κ3) is 1.60. The van der Waals surface area contributed by atoms with E-state index in [1.54, 1.807) is 0 Å². The van der Waals surface area contributed by atoms with Gasteiger partial charge in [0.15, 0.2) is 0 Å². The van der Waals surface area contributed by atoms with Crippen molar-refractivity contribution in [2.45, 2.75) is 26.2 Å². The highest BCUT2D eigenvalue weighted by atomic mass is 14.1. The molecule has 0 amide bonds. The van der Waals surface area contributed by atoms with Crippen molar-refractivity contribution >= 4 is 0 Å². The molecule has 0 saturated carbocycles. The summed E-state index contributed by atoms with van der Waals surface area (Å²) in [6.45, 7) is 5.69. The van der Waals surface area contributed by atoms with Crippen LogP contribution in [0, 0.1) is 0 Å². The van der Waals surface area contributed by atoms with Gasteiger partial charge in [-0.3, -0.25) is 0 Å². The second kappa shape index (κ2) is 3.40. The van der Waals surface area contributed by atoms with Crippen LogP contribution in [0.5, 0.6) is 0 Å². The van der Waals surface area contributed by atoms with Crippen LogP contribution in [0.15, 0.2) is 35.9 Å². The van der Waals surface area contributed by atoms with Crippen LogP contribution in [0.4, 0.5) is 0 Å². The molecule has 54 valence electrons. The molecule has 0 radical (unpaired) electrons. The molecule has 0 aromatic carbocycles. The predicted molar refractivity (Wildman–Crippen MR) is 45.9 cm³/mol. The molecule has 0 aliphatic heterocycles. The van der Waals surface area contributed by atoms with Crippen LogP contribution in [0.2, 0.25) is 0 Å². The lowest BCUT2D eigenvalue weighted by Crippen LogP contribution is -1.91. The summed E-state index contributed by atoms with van der Waals surface area (Å²) in [5, 5.41) is 0. The zero-order valence-electron chi connectivity index (χ0n) is 7.48. The van der Waals surface area contributed by atoms with Crippen molar-refractivity contribution in [2.75, 3.05) is 0 Å². The molecule has 0 atom stereocenters. The molecule has 0 aromatic rings. The van der Waals surface area contributed by atoms with E-state index in [0.717, 1.165) is 18.4 Å². The largest absolute Gasteiger partial charge is 0.0988 e. The molecule has 1 rings (SSSR count). The maximum Gasteiger partial charge on any atom is 0.0628 e. The first-order valence-corrected chi connectivity index (χ1v) is 3.77. The van der Waals surface area contributed by atoms with Crippen LogP contribution < -0.4 is 0 Å². The SMILES string of the molecule is [2H]C1=C(C=C)CCCC1=CC. The minimum atomic E-state index is 0.703. The van der Waals surface area contributed by atoms with Gasteiger partial charge in [-0.1, -0.05) is 30.4 Å². The van der Waals surface area contributed by atoms with Gasteiger partial charge in [0, 0.05) is 0 Å². The molecule has 0 spiro atoms. The second-order valence-corrected chi connectivity index (χ2v) is 2.52. The van der Waals surface area contributed by atoms with Gasteiger partial charge in [-0.25, -0.2) is 0 Å². The summed E-state index contributed by atoms with van der Waals surface area (Å²) in [6.07, 6.45) is 7.10. The Morgan fingerprint density at radius 3 is 3.10 bits per heavy atom. The zero-order valence-corrected chi connectivity index (χ0v) is 6.48. The Hall–Kier alpha value is -0.780. The molecule has 0 fully saturated rings. The number of hydrogen-bond donors (Lipinski definition) is 0. The van der Waals surface area contributed by atoms with Gasteiger partial charge < -0.3 is 0 Å². The first-order valence-electron chi connectivity index (χ1n) is 4.27. The molecular formula is C10H14. The molecule has 0 aromatic heterocycles. The fourth-order valence-electron chi connectivity index (χ4n) is 1.17. The smallest absolute Gasteiger partial charge is 0.0628 e. The standard InChI is InChI=1S/C10H14/c1-3-9-6-5-7-10(4-2)8-9/h3-4,8H,1,5-7H2,2H3/i8D. The molecule has 0 heteroatoms. The van der Waals surface area contributed by atoms with Gasteiger partial charge in [0.2, 0.25) is 0 Å². The minimum Gasteiger partial charge on any atom is -0.0988 e. The molecule has 0 heterocycles. The quantitative estimate of drug-likeness (QED) is 0.518. The normalized spacial score (nSPS) is 24.9. The summed E-state index contributed by atoms with van der Waals surface area (Å²) < 4.78 is 7.73. The van der Waals surface area contributed by atoms with Gasteiger partial charge in [0.1, 0.15) is 0 Å². The van der Waals surface area contributed by atoms with Crippen molar-refractivity contribution < 1.29 is 1.37 Å². The highest BCUT2D eigenvalue weighted by Gasteiger charge is 2.02. The van der Waals surface area contributed by atoms with Gasteiger partial charge in [0.05, 0.1) is 1.37 Å². The highest BCUT2D eigenvalue weighted by Crippen LogP contribution is 2.22. The molecule has 1 aliphatic rings. The van der Waals surface area contributed by atoms with Gasteiger partial charge in [-0.05, 0) is 31.8 Å². The van der Waals surface area contributed by atoms with E-state index >= 15 is 0 Å². The van der Waals surface area contributed by atoms with Crippen LogP contribution >= 0.6 is 0 Å². The van der Waals surface area contributed by atoms with Gasteiger partial charge in [-0.2, -0.15) is 0 Å². The molecule has 0 nitrogen and oxygen atoms in total. The third-order valence-electron chi connectivity index (χ3n) is 1.81. The molecule has 10 heavy (non-hydrogen) atoms. The molecule has 0 N–H and O–H groups in total. The van der Waals surface area contributed by atoms with Crippen molar-refractivity contribution in [1.29, 1.82) is 0 Å². The summed E-state index contributed by atoms with van der Waals surface area (Å²) in [5.41, 5.74) is 2.27. The summed E-state index contributed by atoms with van der Waals surface area (Å²) >= 11 is 0. The predicted octanol–water partition coefficient (Wildman–Crippen LogP) is 3.23. The van der Waals surface area contributed by atoms with Crippen LogP contribution in [-0.2, 0) is 0 Å². The molecule has 0 unspecified atom stereocenters. The van der Waals surface area contributed by atoms with E-state index in [4.69, 9.17) is 1.37 Å². The fraction of sp³-hybridized carbons (Fsp3) is 0.400. The lowest BCUT2D eigenvalue weighted by Gasteiger charge is -2.10. The van der Waals surface area contributed by atoms with E-state index in [-0.39, 0.29) is 0 Å². The van der Waals surface area contributed by atoms with E-state index in [9.17, 15) is 0 Å². The van der Waals surface area contributed by atoms with Crippen molar-refractivity contribution in [3.8, 4) is 0 Å². The first-order chi connectivity index (χ1) is 5.29. The lowest BCUT2D eigenvalue weighted by molar-refractivity contribution is 0.797. The van der Waals surface area contributed by atoms with E-state index in [2.05, 4.69) is 6.58 Å². The van der Waals surface area contributed by atoms with E-state index in [1.807, 2.05) is 19.1 Å². The van der Waals surface area contributed by atoms with Crippen molar-refractivity contribution in [2.24, 2.45) is 0 Å². The summed E-state index contributed by atoms with van der Waals surface area (Å²) in [4.78, 5) is 0. The first kappa shape index (κ1) is 5.96. The average molecular weight is 135 g/mol. The Bertz CT molecular complexity index is 221. The van der Waals surface area contributed by atoms with Crippen LogP contribution in [-0.4, -0.2) is 0 Å². The van der Waals surface area contributed by atoms with Crippen molar-refractivity contribution in [3.05, 3.63) is 35.9 Å². The van der Waals surface area contributed by atoms with E-state index < -0.39 is 0 Å². The zero-order chi connectivity index (χ0) is 8.27. The van der Waals surface area contributed by atoms with Crippen LogP contribution in [0.25, 0.3) is 0 Å². The molecule has 1 aliphatic carbocycles. The molecular weight excluding hydrogens is 120 g/mol. The maximum absolute atomic E-state index is 7.73. The lowest BCUT2D eigenvalue weighted by atomic mass is 9.95. The Morgan fingerprint density at radius 1 is 1.70 bits per heavy atom. The van der Waals surface area contributed by atoms with Crippen molar-refractivity contribution in [3.63, 3.8) is 0 Å². The van der Waals surface area contributed by atoms with Crippen molar-refractivity contribution in [1.82, 2.24) is 0 Å². The average Bonchev–Trinajstić information content (AvgIpc) is 2.05. The number of allylic oxidation sites excluding steroid dienone is 5.